The summed E-state index contributed by atoms with van der Waals surface area (Å²) >= 11 is 0. The summed E-state index contributed by atoms with van der Waals surface area (Å²) in [6.45, 7) is -0.120. The van der Waals surface area contributed by atoms with Gasteiger partial charge in [-0.05, 0) is 12.1 Å². The van der Waals surface area contributed by atoms with Gasteiger partial charge in [0.2, 0.25) is 0 Å². The van der Waals surface area contributed by atoms with Crippen molar-refractivity contribution in [2.75, 3.05) is 26.9 Å². The monoisotopic (exact) mass is 250 g/mol. The van der Waals surface area contributed by atoms with E-state index in [0.717, 1.165) is 0 Å². The molecule has 2 N–H and O–H groups in total. The Bertz CT molecular complexity index is 454. The second-order valence-electron chi connectivity index (χ2n) is 3.37. The van der Waals surface area contributed by atoms with E-state index < -0.39 is 0 Å². The molecule has 0 aliphatic carbocycles. The average Bonchev–Trinajstić information content (AvgIpc) is 2.42. The maximum absolute atomic E-state index is 11.2. The summed E-state index contributed by atoms with van der Waals surface area (Å²) in [4.78, 5) is 11.2. The van der Waals surface area contributed by atoms with Gasteiger partial charge in [0.1, 0.15) is 11.5 Å². The summed E-state index contributed by atoms with van der Waals surface area (Å²) in [6, 6.07) is 6.64. The highest BCUT2D eigenvalue weighted by Crippen LogP contribution is 2.22. The van der Waals surface area contributed by atoms with Crippen LogP contribution in [0.3, 0.4) is 0 Å². The van der Waals surface area contributed by atoms with Gasteiger partial charge in [0, 0.05) is 12.6 Å². The molecule has 96 valence electrons. The van der Waals surface area contributed by atoms with Gasteiger partial charge in [0.15, 0.2) is 6.61 Å². The van der Waals surface area contributed by atoms with Crippen LogP contribution in [0.4, 0.5) is 0 Å². The molecule has 0 aromatic heterocycles. The van der Waals surface area contributed by atoms with E-state index in [2.05, 4.69) is 5.32 Å². The van der Waals surface area contributed by atoms with E-state index >= 15 is 0 Å². The fourth-order valence-electron chi connectivity index (χ4n) is 1.23. The minimum absolute atomic E-state index is 0.122. The number of aliphatic hydroxyl groups is 1. The van der Waals surface area contributed by atoms with Crippen molar-refractivity contribution in [3.05, 3.63) is 23.8 Å². The van der Waals surface area contributed by atoms with Crippen molar-refractivity contribution in [2.24, 2.45) is 0 Å². The zero-order valence-electron chi connectivity index (χ0n) is 9.97. The Balaban J connectivity index is 2.61. The standard InChI is InChI=1S/C12H14N2O4/c1-17-10-4-9(7-13)5-11(6-10)18-8-12(16)14-2-3-15/h4-6,15H,2-3,8H2,1H3,(H,14,16). The predicted octanol–water partition coefficient (Wildman–Crippen LogP) is 0.0542. The van der Waals surface area contributed by atoms with Gasteiger partial charge >= 0.3 is 0 Å². The van der Waals surface area contributed by atoms with Crippen molar-refractivity contribution in [1.82, 2.24) is 5.32 Å². The molecule has 1 amide bonds. The van der Waals surface area contributed by atoms with E-state index in [1.807, 2.05) is 6.07 Å². The fourth-order valence-corrected chi connectivity index (χ4v) is 1.23. The zero-order valence-corrected chi connectivity index (χ0v) is 9.97. The van der Waals surface area contributed by atoms with Crippen molar-refractivity contribution in [3.63, 3.8) is 0 Å². The van der Waals surface area contributed by atoms with Crippen LogP contribution in [0.15, 0.2) is 18.2 Å². The minimum atomic E-state index is -0.342. The third kappa shape index (κ3) is 4.31. The molecule has 0 saturated carbocycles. The summed E-state index contributed by atoms with van der Waals surface area (Å²) in [5.74, 6) is 0.523. The summed E-state index contributed by atoms with van der Waals surface area (Å²) < 4.78 is 10.2. The number of carbonyl (C=O) groups excluding carboxylic acids is 1. The molecule has 0 spiro atoms. The lowest BCUT2D eigenvalue weighted by atomic mass is 10.2. The Morgan fingerprint density at radius 1 is 1.44 bits per heavy atom. The van der Waals surface area contributed by atoms with Crippen molar-refractivity contribution in [2.45, 2.75) is 0 Å². The highest BCUT2D eigenvalue weighted by Gasteiger charge is 2.05. The van der Waals surface area contributed by atoms with Crippen molar-refractivity contribution >= 4 is 5.91 Å². The van der Waals surface area contributed by atoms with Crippen LogP contribution in [0.2, 0.25) is 0 Å². The third-order valence-corrected chi connectivity index (χ3v) is 2.05. The summed E-state index contributed by atoms with van der Waals surface area (Å²) in [5.41, 5.74) is 0.389. The normalized spacial score (nSPS) is 9.39. The van der Waals surface area contributed by atoms with Crippen molar-refractivity contribution in [1.29, 1.82) is 5.26 Å². The number of hydrogen-bond acceptors (Lipinski definition) is 5. The molecule has 6 nitrogen and oxygen atoms in total. The van der Waals surface area contributed by atoms with Gasteiger partial charge in [-0.15, -0.1) is 0 Å². The number of ether oxygens (including phenoxy) is 2. The van der Waals surface area contributed by atoms with Gasteiger partial charge in [-0.3, -0.25) is 4.79 Å². The first-order valence-electron chi connectivity index (χ1n) is 5.29. The predicted molar refractivity (Wildman–Crippen MR) is 63.3 cm³/mol. The molecule has 0 radical (unpaired) electrons. The van der Waals surface area contributed by atoms with Crippen molar-refractivity contribution in [3.8, 4) is 17.6 Å². The molecular weight excluding hydrogens is 236 g/mol. The van der Waals surface area contributed by atoms with Crippen LogP contribution in [0.5, 0.6) is 11.5 Å². The number of nitriles is 1. The Morgan fingerprint density at radius 2 is 2.17 bits per heavy atom. The smallest absolute Gasteiger partial charge is 0.258 e. The lowest BCUT2D eigenvalue weighted by Crippen LogP contribution is -2.31. The first kappa shape index (κ1) is 13.8. The molecule has 0 heterocycles. The summed E-state index contributed by atoms with van der Waals surface area (Å²) in [5, 5.41) is 19.8. The molecule has 1 aromatic rings. The Hall–Kier alpha value is -2.26. The van der Waals surface area contributed by atoms with Crippen LogP contribution in [-0.2, 0) is 4.79 Å². The summed E-state index contributed by atoms with van der Waals surface area (Å²) in [6.07, 6.45) is 0. The van der Waals surface area contributed by atoms with Crippen LogP contribution in [-0.4, -0.2) is 37.9 Å². The molecule has 0 unspecified atom stereocenters. The molecule has 1 aromatic carbocycles. The quantitative estimate of drug-likeness (QED) is 0.744. The SMILES string of the molecule is COc1cc(C#N)cc(OCC(=O)NCCO)c1. The van der Waals surface area contributed by atoms with E-state index in [-0.39, 0.29) is 25.7 Å². The van der Waals surface area contributed by atoms with Crippen LogP contribution >= 0.6 is 0 Å². The number of nitrogens with zero attached hydrogens (tertiary/aromatic N) is 1. The van der Waals surface area contributed by atoms with E-state index in [0.29, 0.717) is 17.1 Å². The molecule has 6 heteroatoms. The van der Waals surface area contributed by atoms with E-state index in [9.17, 15) is 4.79 Å². The van der Waals surface area contributed by atoms with Crippen LogP contribution in [0, 0.1) is 11.3 Å². The molecule has 1 rings (SSSR count). The highest BCUT2D eigenvalue weighted by molar-refractivity contribution is 5.77. The summed E-state index contributed by atoms with van der Waals surface area (Å²) in [7, 11) is 1.48. The Kier molecular flexibility index (Phi) is 5.48. The van der Waals surface area contributed by atoms with Gasteiger partial charge in [-0.1, -0.05) is 0 Å². The first-order valence-corrected chi connectivity index (χ1v) is 5.29. The molecular formula is C12H14N2O4. The average molecular weight is 250 g/mol. The molecule has 18 heavy (non-hydrogen) atoms. The third-order valence-electron chi connectivity index (χ3n) is 2.05. The number of methoxy groups -OCH3 is 1. The van der Waals surface area contributed by atoms with Gasteiger partial charge in [0.25, 0.3) is 5.91 Å². The second-order valence-corrected chi connectivity index (χ2v) is 3.37. The fraction of sp³-hybridized carbons (Fsp3) is 0.333. The van der Waals surface area contributed by atoms with Crippen LogP contribution < -0.4 is 14.8 Å². The maximum Gasteiger partial charge on any atom is 0.258 e. The number of amides is 1. The molecule has 0 bridgehead atoms. The van der Waals surface area contributed by atoms with Gasteiger partial charge in [-0.25, -0.2) is 0 Å². The van der Waals surface area contributed by atoms with Gasteiger partial charge in [0.05, 0.1) is 25.3 Å². The largest absolute Gasteiger partial charge is 0.497 e. The minimum Gasteiger partial charge on any atom is -0.497 e. The van der Waals surface area contributed by atoms with E-state index in [1.165, 1.54) is 13.2 Å². The molecule has 0 aliphatic rings. The van der Waals surface area contributed by atoms with E-state index in [4.69, 9.17) is 19.8 Å². The van der Waals surface area contributed by atoms with E-state index in [1.54, 1.807) is 12.1 Å². The number of nitrogens with one attached hydrogen (secondary N) is 1. The topological polar surface area (TPSA) is 91.6 Å². The number of benzene rings is 1. The Labute approximate surface area is 105 Å². The van der Waals surface area contributed by atoms with Crippen LogP contribution in [0.1, 0.15) is 5.56 Å². The van der Waals surface area contributed by atoms with Crippen LogP contribution in [0.25, 0.3) is 0 Å². The number of carbonyl (C=O) groups is 1. The highest BCUT2D eigenvalue weighted by atomic mass is 16.5. The van der Waals surface area contributed by atoms with Gasteiger partial charge < -0.3 is 19.9 Å². The number of rotatable bonds is 6. The molecule has 0 aliphatic heterocycles. The second kappa shape index (κ2) is 7.14. The Morgan fingerprint density at radius 3 is 2.78 bits per heavy atom. The lowest BCUT2D eigenvalue weighted by molar-refractivity contribution is -0.123. The molecule has 0 saturated heterocycles. The maximum atomic E-state index is 11.2. The zero-order chi connectivity index (χ0) is 13.4. The number of hydrogen-bond donors (Lipinski definition) is 2. The van der Waals surface area contributed by atoms with Crippen molar-refractivity contribution < 1.29 is 19.4 Å². The lowest BCUT2D eigenvalue weighted by Gasteiger charge is -2.08. The molecule has 0 fully saturated rings. The first-order chi connectivity index (χ1) is 8.69. The van der Waals surface area contributed by atoms with Gasteiger partial charge in [-0.2, -0.15) is 5.26 Å². The number of aliphatic hydroxyl groups excluding tert-OH is 1. The molecule has 0 atom stereocenters.